The topological polar surface area (TPSA) is 53.7 Å². The van der Waals surface area contributed by atoms with Crippen molar-refractivity contribution in [2.24, 2.45) is 5.73 Å². The Morgan fingerprint density at radius 1 is 0.917 bits per heavy atom. The molecule has 0 bridgehead atoms. The molecule has 2 aromatic rings. The normalized spacial score (nSPS) is 11.8. The van der Waals surface area contributed by atoms with E-state index < -0.39 is 0 Å². The first-order valence-electron chi connectivity index (χ1n) is 8.45. The maximum atomic E-state index is 6.08. The Balaban J connectivity index is 2.34. The Bertz CT molecular complexity index is 643. The van der Waals surface area contributed by atoms with Crippen LogP contribution in [0.3, 0.4) is 0 Å². The number of ether oxygens (including phenoxy) is 3. The molecular formula is C20H27NO3. The molecule has 0 aliphatic heterocycles. The van der Waals surface area contributed by atoms with Crippen LogP contribution in [-0.2, 0) is 6.42 Å². The maximum absolute atomic E-state index is 6.08. The smallest absolute Gasteiger partial charge is 0.164 e. The summed E-state index contributed by atoms with van der Waals surface area (Å²) in [5.41, 5.74) is 8.31. The molecule has 1 unspecified atom stereocenters. The highest BCUT2D eigenvalue weighted by Crippen LogP contribution is 2.36. The summed E-state index contributed by atoms with van der Waals surface area (Å²) in [5, 5.41) is 0. The summed E-state index contributed by atoms with van der Waals surface area (Å²) in [5.74, 6) is 2.61. The molecule has 2 aromatic carbocycles. The Morgan fingerprint density at radius 2 is 1.62 bits per heavy atom. The monoisotopic (exact) mass is 329 g/mol. The van der Waals surface area contributed by atoms with E-state index in [0.717, 1.165) is 34.8 Å². The van der Waals surface area contributed by atoms with E-state index in [1.165, 1.54) is 0 Å². The first-order chi connectivity index (χ1) is 11.7. The van der Waals surface area contributed by atoms with Crippen LogP contribution in [0.1, 0.15) is 30.9 Å². The van der Waals surface area contributed by atoms with Gasteiger partial charge < -0.3 is 19.9 Å². The molecule has 0 saturated heterocycles. The second-order valence-corrected chi connectivity index (χ2v) is 5.49. The minimum Gasteiger partial charge on any atom is -0.494 e. The van der Waals surface area contributed by atoms with Crippen molar-refractivity contribution in [2.45, 2.75) is 26.2 Å². The zero-order chi connectivity index (χ0) is 17.4. The minimum absolute atomic E-state index is 0.152. The number of rotatable bonds is 9. The van der Waals surface area contributed by atoms with Gasteiger partial charge >= 0.3 is 0 Å². The quantitative estimate of drug-likeness (QED) is 0.761. The molecule has 2 rings (SSSR count). The predicted molar refractivity (Wildman–Crippen MR) is 97.3 cm³/mol. The van der Waals surface area contributed by atoms with Crippen LogP contribution < -0.4 is 19.9 Å². The highest BCUT2D eigenvalue weighted by Gasteiger charge is 2.19. The zero-order valence-corrected chi connectivity index (χ0v) is 14.7. The summed E-state index contributed by atoms with van der Waals surface area (Å²) in [7, 11) is 1.66. The van der Waals surface area contributed by atoms with Crippen molar-refractivity contribution in [3.63, 3.8) is 0 Å². The molecule has 1 atom stereocenters. The van der Waals surface area contributed by atoms with E-state index in [9.17, 15) is 0 Å². The maximum Gasteiger partial charge on any atom is 0.164 e. The van der Waals surface area contributed by atoms with Crippen LogP contribution in [0.25, 0.3) is 0 Å². The lowest BCUT2D eigenvalue weighted by Gasteiger charge is -2.21. The van der Waals surface area contributed by atoms with E-state index in [4.69, 9.17) is 19.9 Å². The molecule has 0 heterocycles. The second-order valence-electron chi connectivity index (χ2n) is 5.49. The van der Waals surface area contributed by atoms with Crippen molar-refractivity contribution in [1.82, 2.24) is 0 Å². The highest BCUT2D eigenvalue weighted by atomic mass is 16.5. The van der Waals surface area contributed by atoms with Gasteiger partial charge in [-0.1, -0.05) is 30.3 Å². The van der Waals surface area contributed by atoms with Gasteiger partial charge in [-0.25, -0.2) is 0 Å². The average molecular weight is 329 g/mol. The average Bonchev–Trinajstić information content (AvgIpc) is 2.62. The van der Waals surface area contributed by atoms with E-state index in [-0.39, 0.29) is 5.92 Å². The minimum atomic E-state index is 0.152. The number of hydrogen-bond acceptors (Lipinski definition) is 4. The van der Waals surface area contributed by atoms with Gasteiger partial charge in [-0.15, -0.1) is 0 Å². The molecule has 2 N–H and O–H groups in total. The van der Waals surface area contributed by atoms with Gasteiger partial charge in [-0.2, -0.15) is 0 Å². The second kappa shape index (κ2) is 9.18. The van der Waals surface area contributed by atoms with E-state index in [1.54, 1.807) is 7.11 Å². The van der Waals surface area contributed by atoms with Crippen LogP contribution in [-0.4, -0.2) is 26.9 Å². The van der Waals surface area contributed by atoms with E-state index >= 15 is 0 Å². The van der Waals surface area contributed by atoms with Crippen molar-refractivity contribution in [2.75, 3.05) is 26.9 Å². The highest BCUT2D eigenvalue weighted by molar-refractivity contribution is 5.48. The van der Waals surface area contributed by atoms with Gasteiger partial charge in [-0.05, 0) is 50.1 Å². The third kappa shape index (κ3) is 4.20. The van der Waals surface area contributed by atoms with Gasteiger partial charge in [0.05, 0.1) is 20.3 Å². The molecule has 4 heteroatoms. The first-order valence-corrected chi connectivity index (χ1v) is 8.45. The molecule has 4 nitrogen and oxygen atoms in total. The first kappa shape index (κ1) is 18.1. The molecule has 0 aliphatic carbocycles. The largest absolute Gasteiger partial charge is 0.494 e. The Morgan fingerprint density at radius 3 is 2.29 bits per heavy atom. The predicted octanol–water partition coefficient (Wildman–Crippen LogP) is 3.78. The molecular weight excluding hydrogens is 302 g/mol. The number of methoxy groups -OCH3 is 1. The molecule has 0 aliphatic rings. The van der Waals surface area contributed by atoms with Crippen LogP contribution in [0.15, 0.2) is 42.5 Å². The summed E-state index contributed by atoms with van der Waals surface area (Å²) in [6.45, 7) is 5.73. The van der Waals surface area contributed by atoms with Gasteiger partial charge in [0, 0.05) is 5.92 Å². The zero-order valence-electron chi connectivity index (χ0n) is 14.7. The van der Waals surface area contributed by atoms with Gasteiger partial charge in [-0.3, -0.25) is 0 Å². The molecule has 0 aromatic heterocycles. The van der Waals surface area contributed by atoms with Crippen LogP contribution in [0.5, 0.6) is 17.2 Å². The number of para-hydroxylation sites is 2. The van der Waals surface area contributed by atoms with Gasteiger partial charge in [0.15, 0.2) is 11.5 Å². The summed E-state index contributed by atoms with van der Waals surface area (Å²) >= 11 is 0. The Hall–Kier alpha value is -2.20. The van der Waals surface area contributed by atoms with Crippen molar-refractivity contribution >= 4 is 0 Å². The fraction of sp³-hybridized carbons (Fsp3) is 0.400. The van der Waals surface area contributed by atoms with Gasteiger partial charge in [0.25, 0.3) is 0 Å². The van der Waals surface area contributed by atoms with Crippen molar-refractivity contribution < 1.29 is 14.2 Å². The third-order valence-electron chi connectivity index (χ3n) is 3.98. The van der Waals surface area contributed by atoms with Gasteiger partial charge in [0.1, 0.15) is 5.75 Å². The third-order valence-corrected chi connectivity index (χ3v) is 3.98. The molecule has 0 fully saturated rings. The molecule has 0 radical (unpaired) electrons. The standard InChI is InChI=1S/C20H27NO3/c1-4-23-18-11-7-6-10-17(18)16(14-21)13-15-9-8-12-19(22-3)20(15)24-5-2/h6-12,16H,4-5,13-14,21H2,1-3H3. The SMILES string of the molecule is CCOc1ccccc1C(CN)Cc1cccc(OC)c1OCC. The summed E-state index contributed by atoms with van der Waals surface area (Å²) in [6.07, 6.45) is 0.771. The summed E-state index contributed by atoms with van der Waals surface area (Å²) < 4.78 is 17.0. The van der Waals surface area contributed by atoms with Crippen LogP contribution >= 0.6 is 0 Å². The van der Waals surface area contributed by atoms with Crippen LogP contribution in [0.4, 0.5) is 0 Å². The van der Waals surface area contributed by atoms with Crippen molar-refractivity contribution in [3.05, 3.63) is 53.6 Å². The lowest BCUT2D eigenvalue weighted by molar-refractivity contribution is 0.306. The molecule has 0 saturated carbocycles. The molecule has 0 spiro atoms. The fourth-order valence-electron chi connectivity index (χ4n) is 2.88. The number of hydrogen-bond donors (Lipinski definition) is 1. The lowest BCUT2D eigenvalue weighted by Crippen LogP contribution is -2.17. The van der Waals surface area contributed by atoms with E-state index in [0.29, 0.717) is 19.8 Å². The Kier molecular flexibility index (Phi) is 6.94. The van der Waals surface area contributed by atoms with Crippen molar-refractivity contribution in [3.8, 4) is 17.2 Å². The lowest BCUT2D eigenvalue weighted by atomic mass is 9.91. The summed E-state index contributed by atoms with van der Waals surface area (Å²) in [4.78, 5) is 0. The number of nitrogens with two attached hydrogens (primary N) is 1. The molecule has 24 heavy (non-hydrogen) atoms. The molecule has 130 valence electrons. The van der Waals surface area contributed by atoms with Crippen LogP contribution in [0.2, 0.25) is 0 Å². The van der Waals surface area contributed by atoms with E-state index in [2.05, 4.69) is 12.1 Å². The Labute approximate surface area is 144 Å². The fourth-order valence-corrected chi connectivity index (χ4v) is 2.88. The van der Waals surface area contributed by atoms with Crippen molar-refractivity contribution in [1.29, 1.82) is 0 Å². The van der Waals surface area contributed by atoms with Gasteiger partial charge in [0.2, 0.25) is 0 Å². The molecule has 0 amide bonds. The summed E-state index contributed by atoms with van der Waals surface area (Å²) in [6, 6.07) is 14.1. The number of benzene rings is 2. The van der Waals surface area contributed by atoms with Crippen LogP contribution in [0, 0.1) is 0 Å². The van der Waals surface area contributed by atoms with E-state index in [1.807, 2.05) is 44.2 Å².